The molecule has 0 aliphatic carbocycles. The quantitative estimate of drug-likeness (QED) is 0.765. The molecule has 2 amide bonds. The second kappa shape index (κ2) is 7.54. The Kier molecular flexibility index (Phi) is 5.22. The fourth-order valence-electron chi connectivity index (χ4n) is 3.35. The Morgan fingerprint density at radius 3 is 3.09 bits per heavy atom. The molecule has 2 saturated heterocycles. The van der Waals surface area contributed by atoms with Gasteiger partial charge in [-0.1, -0.05) is 0 Å². The summed E-state index contributed by atoms with van der Waals surface area (Å²) in [6.45, 7) is 2.70. The zero-order valence-corrected chi connectivity index (χ0v) is 13.3. The molecule has 1 aromatic rings. The molecule has 0 aromatic carbocycles. The molecule has 2 fully saturated rings. The van der Waals surface area contributed by atoms with Crippen LogP contribution in [0, 0.1) is 0 Å². The summed E-state index contributed by atoms with van der Waals surface area (Å²) >= 11 is 0. The summed E-state index contributed by atoms with van der Waals surface area (Å²) in [5.74, 6) is -0.131. The molecule has 3 heterocycles. The van der Waals surface area contributed by atoms with Gasteiger partial charge in [-0.2, -0.15) is 5.10 Å². The van der Waals surface area contributed by atoms with E-state index in [0.29, 0.717) is 19.1 Å². The molecule has 0 spiro atoms. The third kappa shape index (κ3) is 4.28. The number of aromatic nitrogens is 3. The molecule has 126 valence electrons. The third-order valence-corrected chi connectivity index (χ3v) is 4.58. The number of nitrogens with one attached hydrogen (secondary N) is 2. The van der Waals surface area contributed by atoms with Crippen LogP contribution in [0.15, 0.2) is 12.7 Å². The van der Waals surface area contributed by atoms with Crippen molar-refractivity contribution in [2.24, 2.45) is 0 Å². The third-order valence-electron chi connectivity index (χ3n) is 4.58. The molecule has 3 rings (SSSR count). The first-order valence-electron chi connectivity index (χ1n) is 8.36. The van der Waals surface area contributed by atoms with E-state index in [9.17, 15) is 9.59 Å². The van der Waals surface area contributed by atoms with Crippen molar-refractivity contribution in [1.82, 2.24) is 30.3 Å². The average Bonchev–Trinajstić information content (AvgIpc) is 3.14. The fourth-order valence-corrected chi connectivity index (χ4v) is 3.35. The van der Waals surface area contributed by atoms with E-state index in [0.717, 1.165) is 45.2 Å². The number of carbonyl (C=O) groups excluding carboxylic acids is 2. The van der Waals surface area contributed by atoms with Crippen molar-refractivity contribution in [3.63, 3.8) is 0 Å². The Morgan fingerprint density at radius 1 is 1.35 bits per heavy atom. The summed E-state index contributed by atoms with van der Waals surface area (Å²) in [6, 6.07) is -0.0909. The molecule has 0 unspecified atom stereocenters. The molecule has 8 heteroatoms. The van der Waals surface area contributed by atoms with Gasteiger partial charge in [-0.05, 0) is 38.6 Å². The SMILES string of the molecule is O=C(CN1CCC[C@@H]1Cn1cncn1)N[C@@H]1CCCCNC1=O. The lowest BCUT2D eigenvalue weighted by atomic mass is 10.1. The summed E-state index contributed by atoms with van der Waals surface area (Å²) in [6.07, 6.45) is 8.02. The summed E-state index contributed by atoms with van der Waals surface area (Å²) < 4.78 is 1.81. The van der Waals surface area contributed by atoms with Crippen molar-refractivity contribution in [1.29, 1.82) is 0 Å². The van der Waals surface area contributed by atoms with E-state index in [1.54, 1.807) is 11.0 Å². The minimum absolute atomic E-state index is 0.0589. The van der Waals surface area contributed by atoms with Crippen molar-refractivity contribution in [3.05, 3.63) is 12.7 Å². The van der Waals surface area contributed by atoms with Crippen LogP contribution in [-0.2, 0) is 16.1 Å². The fraction of sp³-hybridized carbons (Fsp3) is 0.733. The van der Waals surface area contributed by atoms with Crippen LogP contribution in [-0.4, -0.2) is 63.2 Å². The molecule has 1 aromatic heterocycles. The molecule has 0 saturated carbocycles. The van der Waals surface area contributed by atoms with E-state index in [1.165, 1.54) is 6.33 Å². The Hall–Kier alpha value is -1.96. The molecule has 8 nitrogen and oxygen atoms in total. The van der Waals surface area contributed by atoms with E-state index in [4.69, 9.17) is 0 Å². The van der Waals surface area contributed by atoms with Gasteiger partial charge in [-0.3, -0.25) is 19.2 Å². The maximum atomic E-state index is 12.3. The highest BCUT2D eigenvalue weighted by Gasteiger charge is 2.28. The van der Waals surface area contributed by atoms with Gasteiger partial charge >= 0.3 is 0 Å². The van der Waals surface area contributed by atoms with Crippen molar-refractivity contribution in [3.8, 4) is 0 Å². The zero-order valence-electron chi connectivity index (χ0n) is 13.3. The number of rotatable bonds is 5. The molecule has 23 heavy (non-hydrogen) atoms. The number of carbonyl (C=O) groups is 2. The van der Waals surface area contributed by atoms with Crippen molar-refractivity contribution >= 4 is 11.8 Å². The number of hydrogen-bond acceptors (Lipinski definition) is 5. The number of amides is 2. The van der Waals surface area contributed by atoms with Crippen LogP contribution in [0.25, 0.3) is 0 Å². The standard InChI is InChI=1S/C15H24N6O2/c22-14(19-13-5-1-2-6-17-15(13)23)9-20-7-3-4-12(20)8-21-11-16-10-18-21/h10-13H,1-9H2,(H,17,23)(H,19,22)/t12-,13-/m1/s1. The normalized spacial score (nSPS) is 25.8. The molecule has 2 aliphatic heterocycles. The van der Waals surface area contributed by atoms with E-state index in [-0.39, 0.29) is 17.9 Å². The van der Waals surface area contributed by atoms with E-state index in [2.05, 4.69) is 25.6 Å². The van der Waals surface area contributed by atoms with Gasteiger partial charge in [0.1, 0.15) is 18.7 Å². The number of hydrogen-bond donors (Lipinski definition) is 2. The van der Waals surface area contributed by atoms with Crippen LogP contribution in [0.4, 0.5) is 0 Å². The van der Waals surface area contributed by atoms with Crippen molar-refractivity contribution < 1.29 is 9.59 Å². The van der Waals surface area contributed by atoms with E-state index >= 15 is 0 Å². The molecular formula is C15H24N6O2. The molecule has 2 aliphatic rings. The van der Waals surface area contributed by atoms with Gasteiger partial charge < -0.3 is 10.6 Å². The number of likely N-dealkylation sites (tertiary alicyclic amines) is 1. The van der Waals surface area contributed by atoms with Gasteiger partial charge in [0.15, 0.2) is 0 Å². The molecular weight excluding hydrogens is 296 g/mol. The van der Waals surface area contributed by atoms with Crippen molar-refractivity contribution in [2.45, 2.75) is 50.7 Å². The lowest BCUT2D eigenvalue weighted by Crippen LogP contribution is -2.49. The Labute approximate surface area is 135 Å². The maximum absolute atomic E-state index is 12.3. The Bertz CT molecular complexity index is 532. The van der Waals surface area contributed by atoms with Gasteiger partial charge in [0.2, 0.25) is 11.8 Å². The number of nitrogens with zero attached hydrogens (tertiary/aromatic N) is 4. The average molecular weight is 320 g/mol. The van der Waals surface area contributed by atoms with E-state index in [1.807, 2.05) is 0 Å². The highest BCUT2D eigenvalue weighted by atomic mass is 16.2. The zero-order chi connectivity index (χ0) is 16.1. The second-order valence-electron chi connectivity index (χ2n) is 6.29. The van der Waals surface area contributed by atoms with Crippen LogP contribution >= 0.6 is 0 Å². The molecule has 0 bridgehead atoms. The lowest BCUT2D eigenvalue weighted by molar-refractivity contribution is -0.129. The molecule has 2 N–H and O–H groups in total. The van der Waals surface area contributed by atoms with Crippen molar-refractivity contribution in [2.75, 3.05) is 19.6 Å². The molecule has 2 atom stereocenters. The second-order valence-corrected chi connectivity index (χ2v) is 6.29. The van der Waals surface area contributed by atoms with Gasteiger partial charge in [0.25, 0.3) is 0 Å². The largest absolute Gasteiger partial charge is 0.354 e. The Morgan fingerprint density at radius 2 is 2.26 bits per heavy atom. The van der Waals surface area contributed by atoms with Crippen LogP contribution in [0.2, 0.25) is 0 Å². The highest BCUT2D eigenvalue weighted by molar-refractivity contribution is 5.88. The summed E-state index contributed by atoms with van der Waals surface area (Å²) in [4.78, 5) is 30.3. The Balaban J connectivity index is 1.51. The van der Waals surface area contributed by atoms with Gasteiger partial charge in [0.05, 0.1) is 13.1 Å². The first kappa shape index (κ1) is 15.9. The van der Waals surface area contributed by atoms with E-state index < -0.39 is 0 Å². The maximum Gasteiger partial charge on any atom is 0.242 e. The smallest absolute Gasteiger partial charge is 0.242 e. The van der Waals surface area contributed by atoms with Gasteiger partial charge in [0, 0.05) is 12.6 Å². The summed E-state index contributed by atoms with van der Waals surface area (Å²) in [5.41, 5.74) is 0. The van der Waals surface area contributed by atoms with Crippen LogP contribution in [0.5, 0.6) is 0 Å². The van der Waals surface area contributed by atoms with Gasteiger partial charge in [-0.25, -0.2) is 4.98 Å². The summed E-state index contributed by atoms with van der Waals surface area (Å²) in [7, 11) is 0. The molecule has 0 radical (unpaired) electrons. The first-order chi connectivity index (χ1) is 11.2. The highest BCUT2D eigenvalue weighted by Crippen LogP contribution is 2.18. The lowest BCUT2D eigenvalue weighted by Gasteiger charge is -2.24. The minimum atomic E-state index is -0.388. The topological polar surface area (TPSA) is 92.2 Å². The minimum Gasteiger partial charge on any atom is -0.354 e. The monoisotopic (exact) mass is 320 g/mol. The first-order valence-corrected chi connectivity index (χ1v) is 8.36. The summed E-state index contributed by atoms with van der Waals surface area (Å²) in [5, 5.41) is 9.87. The van der Waals surface area contributed by atoms with Gasteiger partial charge in [-0.15, -0.1) is 0 Å². The predicted octanol–water partition coefficient (Wildman–Crippen LogP) is -0.473. The van der Waals surface area contributed by atoms with Crippen LogP contribution in [0.1, 0.15) is 32.1 Å². The van der Waals surface area contributed by atoms with Crippen LogP contribution < -0.4 is 10.6 Å². The van der Waals surface area contributed by atoms with Crippen LogP contribution in [0.3, 0.4) is 0 Å². The predicted molar refractivity (Wildman–Crippen MR) is 83.4 cm³/mol.